The van der Waals surface area contributed by atoms with Gasteiger partial charge in [0.1, 0.15) is 0 Å². The molecular formula is C10H4Cl2F9NOS. The van der Waals surface area contributed by atoms with Crippen LogP contribution in [-0.4, -0.2) is 27.8 Å². The van der Waals surface area contributed by atoms with Crippen molar-refractivity contribution in [3.05, 3.63) is 22.2 Å². The number of alkyl halides is 9. The number of anilines is 1. The van der Waals surface area contributed by atoms with Gasteiger partial charge in [-0.1, -0.05) is 23.2 Å². The number of hydrogen-bond acceptors (Lipinski definition) is 2. The number of rotatable bonds is 4. The van der Waals surface area contributed by atoms with Gasteiger partial charge in [-0.2, -0.15) is 30.7 Å². The molecule has 1 aromatic rings. The van der Waals surface area contributed by atoms with Gasteiger partial charge >= 0.3 is 23.3 Å². The van der Waals surface area contributed by atoms with E-state index in [1.807, 2.05) is 0 Å². The highest BCUT2D eigenvalue weighted by Gasteiger charge is 2.86. The summed E-state index contributed by atoms with van der Waals surface area (Å²) >= 11 is 6.41. The van der Waals surface area contributed by atoms with Gasteiger partial charge < -0.3 is 10.3 Å². The lowest BCUT2D eigenvalue weighted by molar-refractivity contribution is -0.382. The molecule has 2 N–H and O–H groups in total. The van der Waals surface area contributed by atoms with Crippen molar-refractivity contribution in [3.8, 4) is 0 Å². The number of benzene rings is 1. The Hall–Kier alpha value is -0.720. The molecule has 0 aliphatic heterocycles. The Morgan fingerprint density at radius 2 is 1.21 bits per heavy atom. The first kappa shape index (κ1) is 21.3. The summed E-state index contributed by atoms with van der Waals surface area (Å²) in [6, 6.07) is 0.656. The number of nitrogens with two attached hydrogens (primary N) is 1. The second kappa shape index (κ2) is 6.22. The molecule has 0 aromatic heterocycles. The highest BCUT2D eigenvalue weighted by molar-refractivity contribution is 7.92. The first-order valence-corrected chi connectivity index (χ1v) is 7.25. The maximum atomic E-state index is 13.5. The highest BCUT2D eigenvalue weighted by atomic mass is 35.5. The van der Waals surface area contributed by atoms with E-state index in [-0.39, 0.29) is 0 Å². The van der Waals surface area contributed by atoms with E-state index < -0.39 is 55.1 Å². The molecule has 1 atom stereocenters. The second-order valence-corrected chi connectivity index (χ2v) is 6.57. The standard InChI is InChI=1S/C10H4Cl2F9NOS/c11-4-1-3(2-5(12)6(4)22)24(23)10(20,21)8(15,16)7(13,14)9(17,18)19/h1-2H,22H2. The number of nitrogen functional groups attached to an aromatic ring is 1. The molecule has 1 rings (SSSR count). The Morgan fingerprint density at radius 3 is 1.54 bits per heavy atom. The highest BCUT2D eigenvalue weighted by Crippen LogP contribution is 2.56. The van der Waals surface area contributed by atoms with E-state index in [4.69, 9.17) is 28.9 Å². The minimum atomic E-state index is -7.15. The van der Waals surface area contributed by atoms with Crippen molar-refractivity contribution in [2.24, 2.45) is 0 Å². The molecule has 0 radical (unpaired) electrons. The summed E-state index contributed by atoms with van der Waals surface area (Å²) in [7, 11) is 0. The first-order valence-electron chi connectivity index (χ1n) is 5.35. The Bertz CT molecular complexity index is 614. The largest absolute Gasteiger partial charge is 0.607 e. The molecule has 0 heterocycles. The van der Waals surface area contributed by atoms with Gasteiger partial charge in [0.05, 0.1) is 26.9 Å². The topological polar surface area (TPSA) is 49.1 Å². The van der Waals surface area contributed by atoms with Crippen LogP contribution < -0.4 is 5.73 Å². The zero-order chi connectivity index (χ0) is 19.3. The van der Waals surface area contributed by atoms with Gasteiger partial charge in [-0.15, -0.1) is 8.78 Å². The molecule has 14 heteroatoms. The smallest absolute Gasteiger partial charge is 0.483 e. The van der Waals surface area contributed by atoms with Gasteiger partial charge in [0.25, 0.3) is 0 Å². The minimum Gasteiger partial charge on any atom is -0.607 e. The van der Waals surface area contributed by atoms with E-state index >= 15 is 0 Å². The van der Waals surface area contributed by atoms with Crippen LogP contribution in [0.25, 0.3) is 0 Å². The van der Waals surface area contributed by atoms with Crippen LogP contribution >= 0.6 is 23.2 Å². The van der Waals surface area contributed by atoms with Gasteiger partial charge in [-0.05, 0) is 0 Å². The predicted octanol–water partition coefficient (Wildman–Crippen LogP) is 5.11. The molecule has 138 valence electrons. The third kappa shape index (κ3) is 3.20. The molecule has 0 amide bonds. The Kier molecular flexibility index (Phi) is 5.52. The fourth-order valence-electron chi connectivity index (χ4n) is 1.29. The van der Waals surface area contributed by atoms with Gasteiger partial charge in [0.2, 0.25) is 0 Å². The van der Waals surface area contributed by atoms with Crippen molar-refractivity contribution in [1.82, 2.24) is 0 Å². The summed E-state index contributed by atoms with van der Waals surface area (Å²) in [5.41, 5.74) is 4.77. The maximum absolute atomic E-state index is 13.5. The third-order valence-corrected chi connectivity index (χ3v) is 4.63. The first-order chi connectivity index (χ1) is 10.5. The van der Waals surface area contributed by atoms with Gasteiger partial charge in [-0.25, -0.2) is 0 Å². The molecule has 1 aromatic carbocycles. The van der Waals surface area contributed by atoms with Gasteiger partial charge in [0.15, 0.2) is 4.90 Å². The molecule has 24 heavy (non-hydrogen) atoms. The van der Waals surface area contributed by atoms with Crippen molar-refractivity contribution in [1.29, 1.82) is 0 Å². The fourth-order valence-corrected chi connectivity index (χ4v) is 3.02. The fraction of sp³-hybridized carbons (Fsp3) is 0.400. The lowest BCUT2D eigenvalue weighted by Crippen LogP contribution is -2.63. The summed E-state index contributed by atoms with van der Waals surface area (Å²) in [6.07, 6.45) is -7.01. The van der Waals surface area contributed by atoms with E-state index in [2.05, 4.69) is 0 Å². The normalized spacial score (nSPS) is 15.5. The average Bonchev–Trinajstić information content (AvgIpc) is 2.41. The summed E-state index contributed by atoms with van der Waals surface area (Å²) in [6.45, 7) is 0. The quantitative estimate of drug-likeness (QED) is 0.412. The van der Waals surface area contributed by atoms with E-state index in [1.54, 1.807) is 0 Å². The molecule has 0 saturated carbocycles. The SMILES string of the molecule is Nc1c(Cl)cc([S+]([O-])C(F)(F)C(F)(F)C(F)(F)C(F)(F)F)cc1Cl. The molecule has 0 aliphatic rings. The van der Waals surface area contributed by atoms with Crippen LogP contribution in [0, 0.1) is 0 Å². The van der Waals surface area contributed by atoms with Crippen LogP contribution in [0.4, 0.5) is 45.2 Å². The van der Waals surface area contributed by atoms with E-state index in [1.165, 1.54) is 0 Å². The zero-order valence-corrected chi connectivity index (χ0v) is 13.0. The Morgan fingerprint density at radius 1 is 0.833 bits per heavy atom. The summed E-state index contributed by atoms with van der Waals surface area (Å²) in [4.78, 5) is -1.32. The number of hydrogen-bond donors (Lipinski definition) is 1. The predicted molar refractivity (Wildman–Crippen MR) is 68.2 cm³/mol. The monoisotopic (exact) mass is 427 g/mol. The Balaban J connectivity index is 3.42. The molecule has 0 spiro atoms. The molecular weight excluding hydrogens is 424 g/mol. The average molecular weight is 428 g/mol. The summed E-state index contributed by atoms with van der Waals surface area (Å²) < 4.78 is 126. The lowest BCUT2D eigenvalue weighted by Gasteiger charge is -2.33. The van der Waals surface area contributed by atoms with Gasteiger partial charge in [0, 0.05) is 12.1 Å². The van der Waals surface area contributed by atoms with Crippen molar-refractivity contribution in [3.63, 3.8) is 0 Å². The van der Waals surface area contributed by atoms with Crippen LogP contribution in [0.5, 0.6) is 0 Å². The van der Waals surface area contributed by atoms with Crippen molar-refractivity contribution in [2.75, 3.05) is 5.73 Å². The zero-order valence-electron chi connectivity index (χ0n) is 10.7. The molecule has 0 aliphatic carbocycles. The molecule has 0 bridgehead atoms. The molecule has 0 saturated heterocycles. The van der Waals surface area contributed by atoms with Crippen LogP contribution in [-0.2, 0) is 11.2 Å². The van der Waals surface area contributed by atoms with Gasteiger partial charge in [-0.3, -0.25) is 0 Å². The van der Waals surface area contributed by atoms with Crippen LogP contribution in [0.3, 0.4) is 0 Å². The van der Waals surface area contributed by atoms with E-state index in [0.717, 1.165) is 0 Å². The van der Waals surface area contributed by atoms with Crippen molar-refractivity contribution in [2.45, 2.75) is 28.2 Å². The third-order valence-electron chi connectivity index (χ3n) is 2.62. The maximum Gasteiger partial charge on any atom is 0.483 e. The van der Waals surface area contributed by atoms with Crippen LogP contribution in [0.15, 0.2) is 17.0 Å². The van der Waals surface area contributed by atoms with Crippen LogP contribution in [0.2, 0.25) is 10.0 Å². The summed E-state index contributed by atoms with van der Waals surface area (Å²) in [5.74, 6) is -14.2. The van der Waals surface area contributed by atoms with E-state index in [0.29, 0.717) is 12.1 Å². The molecule has 0 fully saturated rings. The van der Waals surface area contributed by atoms with Crippen LogP contribution in [0.1, 0.15) is 0 Å². The van der Waals surface area contributed by atoms with Crippen molar-refractivity contribution < 1.29 is 44.1 Å². The lowest BCUT2D eigenvalue weighted by atomic mass is 10.1. The minimum absolute atomic E-state index is 0.328. The second-order valence-electron chi connectivity index (χ2n) is 4.23. The summed E-state index contributed by atoms with van der Waals surface area (Å²) in [5, 5.41) is -7.60. The Labute approximate surface area is 140 Å². The van der Waals surface area contributed by atoms with E-state index in [9.17, 15) is 44.1 Å². The molecule has 1 unspecified atom stereocenters. The molecule has 2 nitrogen and oxygen atoms in total. The number of halogens is 11. The van der Waals surface area contributed by atoms with Crippen molar-refractivity contribution >= 4 is 40.1 Å².